The second-order valence-corrected chi connectivity index (χ2v) is 1.34. The fourth-order valence-corrected chi connectivity index (χ4v) is 0. The smallest absolute Gasteiger partial charge is 0.822 e. The Hall–Kier alpha value is 1.68. The van der Waals surface area contributed by atoms with Gasteiger partial charge in [-0.3, -0.25) is 0 Å². The van der Waals surface area contributed by atoms with E-state index in [1.807, 2.05) is 0 Å². The summed E-state index contributed by atoms with van der Waals surface area (Å²) in [5, 5.41) is 0. The van der Waals surface area contributed by atoms with Crippen molar-refractivity contribution in [3.05, 3.63) is 0 Å². The summed E-state index contributed by atoms with van der Waals surface area (Å²) >= 11 is 0. The van der Waals surface area contributed by atoms with E-state index in [2.05, 4.69) is 0 Å². The first-order chi connectivity index (χ1) is 2.00. The fraction of sp³-hybridized carbons (Fsp3) is 0. The summed E-state index contributed by atoms with van der Waals surface area (Å²) in [4.78, 5) is 25.6. The predicted molar refractivity (Wildman–Crippen MR) is 7.61 cm³/mol. The zero-order chi connectivity index (χ0) is 4.50. The van der Waals surface area contributed by atoms with Crippen molar-refractivity contribution in [3.8, 4) is 0 Å². The van der Waals surface area contributed by atoms with Gasteiger partial charge in [0.25, 0.3) is 0 Å². The number of hydrogen-bond donors (Lipinski definition) is 0. The standard InChI is InChI=1S/Fe.H3O4P.U/c;1-5(2,3)4;/h;(H3,1,2,3,4);/q+2;;/p-3. The number of phosphoric acid groups is 1. The third-order valence-corrected chi connectivity index (χ3v) is 0. The number of rotatable bonds is 0. The van der Waals surface area contributed by atoms with Crippen molar-refractivity contribution >= 4 is 7.82 Å². The van der Waals surface area contributed by atoms with Gasteiger partial charge in [-0.1, -0.05) is 0 Å². The largest absolute Gasteiger partial charge is 2.00 e. The van der Waals surface area contributed by atoms with Gasteiger partial charge >= 0.3 is 17.1 Å². The Balaban J connectivity index is -0.0000000800. The maximum Gasteiger partial charge on any atom is 2.00 e. The van der Waals surface area contributed by atoms with Crippen LogP contribution in [0.25, 0.3) is 0 Å². The molecule has 4 nitrogen and oxygen atoms in total. The SMILES string of the molecule is O=P([O-])([O-])[O-].[Fe+2].[U]. The summed E-state index contributed by atoms with van der Waals surface area (Å²) < 4.78 is 8.55. The molecule has 0 bridgehead atoms. The van der Waals surface area contributed by atoms with Gasteiger partial charge in [0.15, 0.2) is 0 Å². The first-order valence-electron chi connectivity index (χ1n) is 0.730. The van der Waals surface area contributed by atoms with Crippen LogP contribution >= 0.6 is 7.82 Å². The van der Waals surface area contributed by atoms with Crippen molar-refractivity contribution in [2.45, 2.75) is 0 Å². The molecule has 0 aliphatic rings. The Morgan fingerprint density at radius 1 is 1.14 bits per heavy atom. The van der Waals surface area contributed by atoms with Crippen molar-refractivity contribution in [1.29, 1.82) is 0 Å². The predicted octanol–water partition coefficient (Wildman–Crippen LogP) is -2.83. The van der Waals surface area contributed by atoms with E-state index in [1.54, 1.807) is 0 Å². The van der Waals surface area contributed by atoms with Crippen molar-refractivity contribution in [3.63, 3.8) is 0 Å². The summed E-state index contributed by atoms with van der Waals surface area (Å²) in [6, 6.07) is 0. The van der Waals surface area contributed by atoms with E-state index in [4.69, 9.17) is 19.2 Å². The van der Waals surface area contributed by atoms with Crippen molar-refractivity contribution < 1.29 is 67.4 Å². The molecule has 0 N–H and O–H groups in total. The van der Waals surface area contributed by atoms with Crippen LogP contribution in [0.4, 0.5) is 0 Å². The van der Waals surface area contributed by atoms with E-state index < -0.39 is 7.82 Å². The first kappa shape index (κ1) is 15.9. The van der Waals surface area contributed by atoms with E-state index in [9.17, 15) is 0 Å². The van der Waals surface area contributed by atoms with Crippen molar-refractivity contribution in [2.75, 3.05) is 0 Å². The van der Waals surface area contributed by atoms with E-state index >= 15 is 0 Å². The second-order valence-electron chi connectivity index (χ2n) is 0.447. The number of hydrogen-bond acceptors (Lipinski definition) is 4. The first-order valence-corrected chi connectivity index (χ1v) is 2.19. The van der Waals surface area contributed by atoms with Gasteiger partial charge in [-0.25, -0.2) is 0 Å². The Kier molecular flexibility index (Phi) is 13.2. The maximum atomic E-state index is 8.55. The molecule has 0 aliphatic carbocycles. The quantitative estimate of drug-likeness (QED) is 0.331. The van der Waals surface area contributed by atoms with Crippen molar-refractivity contribution in [2.24, 2.45) is 0 Å². The molecule has 0 spiro atoms. The Morgan fingerprint density at radius 2 is 1.14 bits per heavy atom. The zero-order valence-electron chi connectivity index (χ0n) is 2.93. The van der Waals surface area contributed by atoms with Crippen LogP contribution in [0, 0.1) is 31.1 Å². The molecule has 0 aromatic rings. The minimum atomic E-state index is -5.39. The second kappa shape index (κ2) is 5.81. The molecule has 0 heterocycles. The molecule has 0 saturated carbocycles. The Labute approximate surface area is 74.8 Å². The summed E-state index contributed by atoms with van der Waals surface area (Å²) in [7, 11) is -5.39. The van der Waals surface area contributed by atoms with Gasteiger partial charge < -0.3 is 19.2 Å². The van der Waals surface area contributed by atoms with Crippen LogP contribution in [0.3, 0.4) is 0 Å². The molecule has 0 amide bonds. The molecule has 7 heteroatoms. The average molecular weight is 389 g/mol. The molecule has 0 aliphatic heterocycles. The summed E-state index contributed by atoms with van der Waals surface area (Å²) in [5.41, 5.74) is 0. The topological polar surface area (TPSA) is 86.2 Å². The monoisotopic (exact) mass is 389 g/mol. The summed E-state index contributed by atoms with van der Waals surface area (Å²) in [6.45, 7) is 0. The van der Waals surface area contributed by atoms with Gasteiger partial charge in [0, 0.05) is 31.1 Å². The normalized spacial score (nSPS) is 8.43. The van der Waals surface area contributed by atoms with Gasteiger partial charge in [0.1, 0.15) is 0 Å². The molecular weight excluding hydrogens is 389 g/mol. The molecule has 0 aromatic heterocycles. The Morgan fingerprint density at radius 3 is 1.14 bits per heavy atom. The van der Waals surface area contributed by atoms with Gasteiger partial charge in [-0.05, 0) is 0 Å². The van der Waals surface area contributed by atoms with Crippen LogP contribution in [-0.4, -0.2) is 0 Å². The van der Waals surface area contributed by atoms with Gasteiger partial charge in [0.05, 0.1) is 0 Å². The average Bonchev–Trinajstić information content (AvgIpc) is 0.722. The molecule has 42 valence electrons. The van der Waals surface area contributed by atoms with E-state index in [1.165, 1.54) is 0 Å². The van der Waals surface area contributed by atoms with Crippen LogP contribution in [-0.2, 0) is 21.6 Å². The van der Waals surface area contributed by atoms with E-state index in [0.29, 0.717) is 0 Å². The molecule has 0 radical (unpaired) electrons. The fourth-order valence-electron chi connectivity index (χ4n) is 0. The van der Waals surface area contributed by atoms with E-state index in [-0.39, 0.29) is 48.2 Å². The van der Waals surface area contributed by atoms with Gasteiger partial charge in [-0.2, -0.15) is 7.82 Å². The third kappa shape index (κ3) is 87.7. The molecular formula is FeO4PU-. The minimum absolute atomic E-state index is 0. The molecule has 0 rings (SSSR count). The molecule has 0 aromatic carbocycles. The van der Waals surface area contributed by atoms with Crippen LogP contribution in [0.1, 0.15) is 0 Å². The molecule has 0 fully saturated rings. The van der Waals surface area contributed by atoms with Crippen molar-refractivity contribution in [1.82, 2.24) is 0 Å². The van der Waals surface area contributed by atoms with Gasteiger partial charge in [-0.15, -0.1) is 0 Å². The van der Waals surface area contributed by atoms with E-state index in [0.717, 1.165) is 0 Å². The zero-order valence-corrected chi connectivity index (χ0v) is 9.10. The summed E-state index contributed by atoms with van der Waals surface area (Å²) in [5.74, 6) is 0. The van der Waals surface area contributed by atoms with Crippen LogP contribution in [0.15, 0.2) is 0 Å². The molecule has 0 atom stereocenters. The third-order valence-electron chi connectivity index (χ3n) is 0. The molecule has 7 heavy (non-hydrogen) atoms. The van der Waals surface area contributed by atoms with Crippen LogP contribution in [0.5, 0.6) is 0 Å². The van der Waals surface area contributed by atoms with Crippen LogP contribution in [0.2, 0.25) is 0 Å². The summed E-state index contributed by atoms with van der Waals surface area (Å²) in [6.07, 6.45) is 0. The Bertz CT molecular complexity index is 57.8. The minimum Gasteiger partial charge on any atom is -0.822 e. The molecule has 0 unspecified atom stereocenters. The van der Waals surface area contributed by atoms with Gasteiger partial charge in [0.2, 0.25) is 0 Å². The van der Waals surface area contributed by atoms with Crippen LogP contribution < -0.4 is 14.7 Å². The maximum absolute atomic E-state index is 8.55. The molecule has 0 saturated heterocycles.